The van der Waals surface area contributed by atoms with Crippen LogP contribution >= 0.6 is 0 Å². The van der Waals surface area contributed by atoms with Crippen molar-refractivity contribution in [3.8, 4) is 6.07 Å². The van der Waals surface area contributed by atoms with Crippen molar-refractivity contribution in [2.75, 3.05) is 11.4 Å². The summed E-state index contributed by atoms with van der Waals surface area (Å²) in [5.41, 5.74) is 4.26. The van der Waals surface area contributed by atoms with E-state index in [2.05, 4.69) is 37.8 Å². The Hall–Kier alpha value is -1.75. The number of nitriles is 1. The van der Waals surface area contributed by atoms with Crippen molar-refractivity contribution < 1.29 is 0 Å². The number of anilines is 1. The largest absolute Gasteiger partial charge is 0.333 e. The summed E-state index contributed by atoms with van der Waals surface area (Å²) >= 11 is 0. The van der Waals surface area contributed by atoms with Gasteiger partial charge in [-0.2, -0.15) is 5.26 Å². The molecule has 0 fully saturated rings. The Morgan fingerprint density at radius 3 is 3.07 bits per heavy atom. The molecular weight excluding hydrogens is 172 g/mol. The number of para-hydroxylation sites is 1. The first-order chi connectivity index (χ1) is 6.74. The minimum absolute atomic E-state index is 0.540. The Balaban J connectivity index is 2.49. The summed E-state index contributed by atoms with van der Waals surface area (Å²) in [5, 5.41) is 8.82. The quantitative estimate of drug-likeness (QED) is 0.626. The highest BCUT2D eigenvalue weighted by atomic mass is 15.2. The second-order valence-electron chi connectivity index (χ2n) is 3.54. The van der Waals surface area contributed by atoms with Gasteiger partial charge in [-0.15, -0.1) is 0 Å². The van der Waals surface area contributed by atoms with E-state index in [0.717, 1.165) is 13.0 Å². The maximum Gasteiger partial charge on any atom is 0.117 e. The molecular formula is C12H12N2. The van der Waals surface area contributed by atoms with E-state index in [1.165, 1.54) is 16.8 Å². The van der Waals surface area contributed by atoms with Crippen molar-refractivity contribution in [3.63, 3.8) is 0 Å². The number of benzene rings is 1. The summed E-state index contributed by atoms with van der Waals surface area (Å²) in [6, 6.07) is 8.36. The van der Waals surface area contributed by atoms with Gasteiger partial charge >= 0.3 is 0 Å². The van der Waals surface area contributed by atoms with Gasteiger partial charge in [-0.05, 0) is 24.5 Å². The van der Waals surface area contributed by atoms with Crippen LogP contribution in [0.3, 0.4) is 0 Å². The lowest BCUT2D eigenvalue weighted by molar-refractivity contribution is 0.968. The number of rotatable bonds is 1. The highest BCUT2D eigenvalue weighted by Gasteiger charge is 2.22. The summed E-state index contributed by atoms with van der Waals surface area (Å²) in [6.45, 7) is 6.71. The van der Waals surface area contributed by atoms with Crippen molar-refractivity contribution in [2.24, 2.45) is 0 Å². The molecule has 0 aliphatic carbocycles. The monoisotopic (exact) mass is 184 g/mol. The number of aryl methyl sites for hydroxylation is 1. The molecule has 0 aromatic heterocycles. The van der Waals surface area contributed by atoms with Gasteiger partial charge in [0.1, 0.15) is 11.8 Å². The smallest absolute Gasteiger partial charge is 0.117 e. The molecule has 0 atom stereocenters. The van der Waals surface area contributed by atoms with Gasteiger partial charge in [0.05, 0.1) is 0 Å². The number of nitrogens with zero attached hydrogens (tertiary/aromatic N) is 2. The maximum atomic E-state index is 8.82. The topological polar surface area (TPSA) is 27.0 Å². The standard InChI is InChI=1S/C12H12N2/c1-9-4-3-5-11-6-7-14(12(9)11)10(2)8-13/h3-5H,2,6-7H2,1H3. The average Bonchev–Trinajstić information content (AvgIpc) is 2.62. The molecule has 1 heterocycles. The Morgan fingerprint density at radius 2 is 2.36 bits per heavy atom. The van der Waals surface area contributed by atoms with Gasteiger partial charge in [-0.3, -0.25) is 0 Å². The van der Waals surface area contributed by atoms with Crippen LogP contribution in [0.25, 0.3) is 0 Å². The Kier molecular flexibility index (Phi) is 2.01. The van der Waals surface area contributed by atoms with E-state index in [-0.39, 0.29) is 0 Å². The molecule has 0 unspecified atom stereocenters. The average molecular weight is 184 g/mol. The van der Waals surface area contributed by atoms with Crippen LogP contribution in [0.5, 0.6) is 0 Å². The summed E-state index contributed by atoms with van der Waals surface area (Å²) in [5.74, 6) is 0. The van der Waals surface area contributed by atoms with Gasteiger partial charge in [-0.1, -0.05) is 24.8 Å². The predicted octanol–water partition coefficient (Wildman–Crippen LogP) is 2.39. The molecule has 2 rings (SSSR count). The first kappa shape index (κ1) is 8.83. The fourth-order valence-electron chi connectivity index (χ4n) is 1.98. The summed E-state index contributed by atoms with van der Waals surface area (Å²) < 4.78 is 0. The first-order valence-electron chi connectivity index (χ1n) is 4.69. The molecule has 2 nitrogen and oxygen atoms in total. The number of allylic oxidation sites excluding steroid dienone is 1. The van der Waals surface area contributed by atoms with Gasteiger partial charge in [0, 0.05) is 12.2 Å². The van der Waals surface area contributed by atoms with Gasteiger partial charge in [0.25, 0.3) is 0 Å². The normalized spacial score (nSPS) is 13.6. The van der Waals surface area contributed by atoms with Gasteiger partial charge in [0.15, 0.2) is 0 Å². The molecule has 0 saturated heterocycles. The molecule has 70 valence electrons. The molecule has 1 aliphatic heterocycles. The van der Waals surface area contributed by atoms with E-state index >= 15 is 0 Å². The molecule has 0 amide bonds. The predicted molar refractivity (Wildman–Crippen MR) is 57.0 cm³/mol. The highest BCUT2D eigenvalue weighted by molar-refractivity contribution is 5.67. The lowest BCUT2D eigenvalue weighted by Crippen LogP contribution is -2.18. The molecule has 0 spiro atoms. The Bertz CT molecular complexity index is 426. The molecule has 0 bridgehead atoms. The van der Waals surface area contributed by atoms with Gasteiger partial charge < -0.3 is 4.90 Å². The van der Waals surface area contributed by atoms with Crippen LogP contribution in [-0.4, -0.2) is 6.54 Å². The van der Waals surface area contributed by atoms with Crippen LogP contribution in [-0.2, 0) is 6.42 Å². The molecule has 1 aromatic rings. The minimum Gasteiger partial charge on any atom is -0.333 e. The lowest BCUT2D eigenvalue weighted by atomic mass is 10.1. The number of hydrogen-bond acceptors (Lipinski definition) is 2. The van der Waals surface area contributed by atoms with Crippen LogP contribution in [0.2, 0.25) is 0 Å². The summed E-state index contributed by atoms with van der Waals surface area (Å²) in [6.07, 6.45) is 1.01. The maximum absolute atomic E-state index is 8.82. The van der Waals surface area contributed by atoms with Crippen molar-refractivity contribution in [1.82, 2.24) is 0 Å². The van der Waals surface area contributed by atoms with Crippen LogP contribution in [0, 0.1) is 18.3 Å². The fourth-order valence-corrected chi connectivity index (χ4v) is 1.98. The van der Waals surface area contributed by atoms with Crippen LogP contribution in [0.1, 0.15) is 11.1 Å². The first-order valence-corrected chi connectivity index (χ1v) is 4.69. The van der Waals surface area contributed by atoms with E-state index in [4.69, 9.17) is 5.26 Å². The molecule has 14 heavy (non-hydrogen) atoms. The number of fused-ring (bicyclic) bond motifs is 1. The van der Waals surface area contributed by atoms with E-state index < -0.39 is 0 Å². The zero-order valence-electron chi connectivity index (χ0n) is 8.25. The van der Waals surface area contributed by atoms with Crippen molar-refractivity contribution in [3.05, 3.63) is 41.6 Å². The van der Waals surface area contributed by atoms with E-state index in [1.54, 1.807) is 0 Å². The molecule has 1 aromatic carbocycles. The SMILES string of the molecule is C=C(C#N)N1CCc2cccc(C)c21. The van der Waals surface area contributed by atoms with Gasteiger partial charge in [-0.25, -0.2) is 0 Å². The summed E-state index contributed by atoms with van der Waals surface area (Å²) in [7, 11) is 0. The van der Waals surface area contributed by atoms with Crippen molar-refractivity contribution in [1.29, 1.82) is 5.26 Å². The molecule has 2 heteroatoms. The zero-order valence-corrected chi connectivity index (χ0v) is 8.25. The van der Waals surface area contributed by atoms with E-state index in [0.29, 0.717) is 5.70 Å². The van der Waals surface area contributed by atoms with Crippen molar-refractivity contribution >= 4 is 5.69 Å². The molecule has 0 saturated carbocycles. The Labute approximate surface area is 84.1 Å². The fraction of sp³-hybridized carbons (Fsp3) is 0.250. The Morgan fingerprint density at radius 1 is 1.57 bits per heavy atom. The van der Waals surface area contributed by atoms with Gasteiger partial charge in [0.2, 0.25) is 0 Å². The number of hydrogen-bond donors (Lipinski definition) is 0. The van der Waals surface area contributed by atoms with Crippen molar-refractivity contribution in [2.45, 2.75) is 13.3 Å². The summed E-state index contributed by atoms with van der Waals surface area (Å²) in [4.78, 5) is 2.00. The third kappa shape index (κ3) is 1.18. The minimum atomic E-state index is 0.540. The zero-order chi connectivity index (χ0) is 10.1. The van der Waals surface area contributed by atoms with Crippen LogP contribution < -0.4 is 4.90 Å². The molecule has 0 radical (unpaired) electrons. The third-order valence-corrected chi connectivity index (χ3v) is 2.65. The highest BCUT2D eigenvalue weighted by Crippen LogP contribution is 2.33. The second-order valence-corrected chi connectivity index (χ2v) is 3.54. The van der Waals surface area contributed by atoms with Crippen LogP contribution in [0.15, 0.2) is 30.5 Å². The molecule has 1 aliphatic rings. The lowest BCUT2D eigenvalue weighted by Gasteiger charge is -2.18. The second kappa shape index (κ2) is 3.19. The van der Waals surface area contributed by atoms with E-state index in [9.17, 15) is 0 Å². The third-order valence-electron chi connectivity index (χ3n) is 2.65. The van der Waals surface area contributed by atoms with E-state index in [1.807, 2.05) is 4.90 Å². The van der Waals surface area contributed by atoms with Crippen LogP contribution in [0.4, 0.5) is 5.69 Å². The molecule has 0 N–H and O–H groups in total.